The first kappa shape index (κ1) is 14.4. The standard InChI is InChI=1S/C13H21N5O2/c1-8(2)20-13-10(14)12(16-7-17-13)18-6-4-3-5-9(18)11(15)19/h7-9H,3-6,14H2,1-2H3,(H2,15,19). The second-order valence-corrected chi connectivity index (χ2v) is 5.19. The Morgan fingerprint density at radius 3 is 2.85 bits per heavy atom. The summed E-state index contributed by atoms with van der Waals surface area (Å²) in [7, 11) is 0. The van der Waals surface area contributed by atoms with Crippen LogP contribution in [0.3, 0.4) is 0 Å². The Hall–Kier alpha value is -2.05. The number of anilines is 2. The maximum Gasteiger partial charge on any atom is 0.242 e. The lowest BCUT2D eigenvalue weighted by Gasteiger charge is -2.35. The second kappa shape index (κ2) is 5.94. The van der Waals surface area contributed by atoms with Crippen molar-refractivity contribution in [3.63, 3.8) is 0 Å². The minimum atomic E-state index is -0.368. The largest absolute Gasteiger partial charge is 0.473 e. The summed E-state index contributed by atoms with van der Waals surface area (Å²) in [6.07, 6.45) is 4.04. The number of hydrogen-bond donors (Lipinski definition) is 2. The van der Waals surface area contributed by atoms with Gasteiger partial charge in [0.15, 0.2) is 5.82 Å². The van der Waals surface area contributed by atoms with Crippen molar-refractivity contribution < 1.29 is 9.53 Å². The molecule has 20 heavy (non-hydrogen) atoms. The van der Waals surface area contributed by atoms with Crippen LogP contribution in [-0.4, -0.2) is 34.6 Å². The van der Waals surface area contributed by atoms with E-state index in [1.165, 1.54) is 6.33 Å². The highest BCUT2D eigenvalue weighted by molar-refractivity contribution is 5.85. The van der Waals surface area contributed by atoms with Crippen molar-refractivity contribution in [2.24, 2.45) is 5.73 Å². The third-order valence-corrected chi connectivity index (χ3v) is 3.28. The average molecular weight is 279 g/mol. The number of ether oxygens (including phenoxy) is 1. The highest BCUT2D eigenvalue weighted by atomic mass is 16.5. The van der Waals surface area contributed by atoms with Crippen molar-refractivity contribution in [3.8, 4) is 5.88 Å². The Balaban J connectivity index is 2.33. The van der Waals surface area contributed by atoms with Gasteiger partial charge in [0, 0.05) is 6.54 Å². The van der Waals surface area contributed by atoms with Crippen LogP contribution in [0.5, 0.6) is 5.88 Å². The van der Waals surface area contributed by atoms with Gasteiger partial charge in [-0.15, -0.1) is 0 Å². The zero-order chi connectivity index (χ0) is 14.7. The summed E-state index contributed by atoms with van der Waals surface area (Å²) in [6, 6.07) is -0.368. The van der Waals surface area contributed by atoms with Gasteiger partial charge in [0.2, 0.25) is 11.8 Å². The van der Waals surface area contributed by atoms with E-state index in [-0.39, 0.29) is 18.1 Å². The Bertz CT molecular complexity index is 492. The summed E-state index contributed by atoms with van der Waals surface area (Å²) in [6.45, 7) is 4.50. The van der Waals surface area contributed by atoms with Crippen LogP contribution in [0.1, 0.15) is 33.1 Å². The molecule has 1 aromatic heterocycles. The number of hydrogen-bond acceptors (Lipinski definition) is 6. The Kier molecular flexibility index (Phi) is 4.26. The van der Waals surface area contributed by atoms with Crippen LogP contribution in [0.4, 0.5) is 11.5 Å². The molecular formula is C13H21N5O2. The molecule has 1 atom stereocenters. The van der Waals surface area contributed by atoms with E-state index in [1.807, 2.05) is 18.7 Å². The number of primary amides is 1. The SMILES string of the molecule is CC(C)Oc1ncnc(N2CCCCC2C(N)=O)c1N. The predicted molar refractivity (Wildman–Crippen MR) is 76.4 cm³/mol. The van der Waals surface area contributed by atoms with Crippen LogP contribution in [0.2, 0.25) is 0 Å². The van der Waals surface area contributed by atoms with Crippen LogP contribution in [0, 0.1) is 0 Å². The molecule has 2 heterocycles. The molecule has 7 heteroatoms. The molecular weight excluding hydrogens is 258 g/mol. The molecule has 4 N–H and O–H groups in total. The quantitative estimate of drug-likeness (QED) is 0.839. The van der Waals surface area contributed by atoms with Crippen LogP contribution in [0.15, 0.2) is 6.33 Å². The van der Waals surface area contributed by atoms with Crippen molar-refractivity contribution in [2.45, 2.75) is 45.3 Å². The third kappa shape index (κ3) is 2.92. The van der Waals surface area contributed by atoms with E-state index in [1.54, 1.807) is 0 Å². The summed E-state index contributed by atoms with van der Waals surface area (Å²) in [4.78, 5) is 21.7. The zero-order valence-corrected chi connectivity index (χ0v) is 11.9. The second-order valence-electron chi connectivity index (χ2n) is 5.19. The molecule has 1 aliphatic rings. The van der Waals surface area contributed by atoms with Gasteiger partial charge in [0.05, 0.1) is 6.10 Å². The van der Waals surface area contributed by atoms with Gasteiger partial charge in [-0.3, -0.25) is 4.79 Å². The number of carbonyl (C=O) groups excluding carboxylic acids is 1. The Labute approximate surface area is 118 Å². The topological polar surface area (TPSA) is 107 Å². The molecule has 7 nitrogen and oxygen atoms in total. The van der Waals surface area contributed by atoms with Gasteiger partial charge in [0.1, 0.15) is 18.1 Å². The molecule has 1 saturated heterocycles. The highest BCUT2D eigenvalue weighted by Gasteiger charge is 2.30. The van der Waals surface area contributed by atoms with Gasteiger partial charge < -0.3 is 21.1 Å². The van der Waals surface area contributed by atoms with E-state index in [2.05, 4.69) is 9.97 Å². The van der Waals surface area contributed by atoms with Gasteiger partial charge in [-0.05, 0) is 33.1 Å². The first-order chi connectivity index (χ1) is 9.50. The van der Waals surface area contributed by atoms with E-state index in [0.29, 0.717) is 23.9 Å². The minimum Gasteiger partial charge on any atom is -0.473 e. The Morgan fingerprint density at radius 2 is 2.20 bits per heavy atom. The maximum absolute atomic E-state index is 11.6. The Morgan fingerprint density at radius 1 is 1.45 bits per heavy atom. The molecule has 110 valence electrons. The fraction of sp³-hybridized carbons (Fsp3) is 0.615. The van der Waals surface area contributed by atoms with E-state index in [9.17, 15) is 4.79 Å². The monoisotopic (exact) mass is 279 g/mol. The molecule has 1 aliphatic heterocycles. The summed E-state index contributed by atoms with van der Waals surface area (Å²) in [5.41, 5.74) is 11.9. The van der Waals surface area contributed by atoms with Gasteiger partial charge in [0.25, 0.3) is 0 Å². The van der Waals surface area contributed by atoms with E-state index in [0.717, 1.165) is 19.3 Å². The number of carbonyl (C=O) groups is 1. The van der Waals surface area contributed by atoms with Crippen molar-refractivity contribution in [1.29, 1.82) is 0 Å². The maximum atomic E-state index is 11.6. The highest BCUT2D eigenvalue weighted by Crippen LogP contribution is 2.32. The summed E-state index contributed by atoms with van der Waals surface area (Å²) in [5, 5.41) is 0. The number of nitrogens with zero attached hydrogens (tertiary/aromatic N) is 3. The lowest BCUT2D eigenvalue weighted by Crippen LogP contribution is -2.48. The average Bonchev–Trinajstić information content (AvgIpc) is 2.40. The van der Waals surface area contributed by atoms with Gasteiger partial charge in [-0.1, -0.05) is 0 Å². The zero-order valence-electron chi connectivity index (χ0n) is 11.9. The fourth-order valence-electron chi connectivity index (χ4n) is 2.40. The molecule has 2 rings (SSSR count). The lowest BCUT2D eigenvalue weighted by molar-refractivity contribution is -0.119. The van der Waals surface area contributed by atoms with Crippen LogP contribution >= 0.6 is 0 Å². The molecule has 0 aromatic carbocycles. The number of amides is 1. The molecule has 0 radical (unpaired) electrons. The molecule has 1 fully saturated rings. The third-order valence-electron chi connectivity index (χ3n) is 3.28. The molecule has 0 spiro atoms. The minimum absolute atomic E-state index is 0.0339. The van der Waals surface area contributed by atoms with E-state index < -0.39 is 0 Å². The van der Waals surface area contributed by atoms with Crippen LogP contribution in [-0.2, 0) is 4.79 Å². The molecule has 1 aromatic rings. The van der Waals surface area contributed by atoms with Crippen molar-refractivity contribution in [2.75, 3.05) is 17.2 Å². The van der Waals surface area contributed by atoms with Crippen molar-refractivity contribution in [1.82, 2.24) is 9.97 Å². The van der Waals surface area contributed by atoms with E-state index >= 15 is 0 Å². The van der Waals surface area contributed by atoms with Crippen LogP contribution < -0.4 is 21.1 Å². The van der Waals surface area contributed by atoms with Crippen LogP contribution in [0.25, 0.3) is 0 Å². The summed E-state index contributed by atoms with van der Waals surface area (Å²) >= 11 is 0. The van der Waals surface area contributed by atoms with E-state index in [4.69, 9.17) is 16.2 Å². The number of aromatic nitrogens is 2. The molecule has 0 aliphatic carbocycles. The molecule has 0 saturated carbocycles. The van der Waals surface area contributed by atoms with Gasteiger partial charge in [-0.25, -0.2) is 4.98 Å². The fourth-order valence-corrected chi connectivity index (χ4v) is 2.40. The molecule has 1 unspecified atom stereocenters. The molecule has 1 amide bonds. The number of nitrogen functional groups attached to an aromatic ring is 1. The summed E-state index contributed by atoms with van der Waals surface area (Å²) < 4.78 is 5.55. The predicted octanol–water partition coefficient (Wildman–Crippen LogP) is 0.690. The number of rotatable bonds is 4. The normalized spacial score (nSPS) is 19.1. The lowest BCUT2D eigenvalue weighted by atomic mass is 10.0. The number of piperidine rings is 1. The van der Waals surface area contributed by atoms with Crippen molar-refractivity contribution in [3.05, 3.63) is 6.33 Å². The van der Waals surface area contributed by atoms with Gasteiger partial charge in [-0.2, -0.15) is 4.98 Å². The smallest absolute Gasteiger partial charge is 0.242 e. The number of nitrogens with two attached hydrogens (primary N) is 2. The summed E-state index contributed by atoms with van der Waals surface area (Å²) in [5.74, 6) is 0.520. The molecule has 0 bridgehead atoms. The van der Waals surface area contributed by atoms with Crippen molar-refractivity contribution >= 4 is 17.4 Å². The van der Waals surface area contributed by atoms with Gasteiger partial charge >= 0.3 is 0 Å². The first-order valence-electron chi connectivity index (χ1n) is 6.83. The first-order valence-corrected chi connectivity index (χ1v) is 6.83.